The number of pyridine rings is 1. The molecule has 1 aromatic heterocycles. The zero-order valence-corrected chi connectivity index (χ0v) is 20.9. The molecule has 0 aliphatic rings. The van der Waals surface area contributed by atoms with Gasteiger partial charge in [-0.15, -0.1) is 0 Å². The third-order valence-corrected chi connectivity index (χ3v) is 6.04. The molecule has 0 saturated carbocycles. The highest BCUT2D eigenvalue weighted by atomic mass is 16.5. The molecule has 0 aliphatic carbocycles. The predicted molar refractivity (Wildman–Crippen MR) is 134 cm³/mol. The lowest BCUT2D eigenvalue weighted by Crippen LogP contribution is -2.12. The number of benzene rings is 2. The normalized spacial score (nSPS) is 11.2. The Morgan fingerprint density at radius 1 is 0.875 bits per heavy atom. The largest absolute Gasteiger partial charge is 0.490 e. The molecule has 0 atom stereocenters. The summed E-state index contributed by atoms with van der Waals surface area (Å²) in [5, 5.41) is 0. The van der Waals surface area contributed by atoms with Gasteiger partial charge in [-0.1, -0.05) is 38.1 Å². The fraction of sp³-hybridized carbons (Fsp3) is 0.414. The van der Waals surface area contributed by atoms with Crippen molar-refractivity contribution in [1.82, 2.24) is 4.98 Å². The van der Waals surface area contributed by atoms with Crippen molar-refractivity contribution in [2.24, 2.45) is 0 Å². The molecule has 0 bridgehead atoms. The summed E-state index contributed by atoms with van der Waals surface area (Å²) in [5.74, 6) is 1.78. The van der Waals surface area contributed by atoms with Gasteiger partial charge in [0.1, 0.15) is 18.1 Å². The molecule has 3 rings (SSSR count). The fourth-order valence-corrected chi connectivity index (χ4v) is 4.20. The molecule has 32 heavy (non-hydrogen) atoms. The van der Waals surface area contributed by atoms with Crippen LogP contribution in [0.5, 0.6) is 11.5 Å². The van der Waals surface area contributed by atoms with Crippen LogP contribution in [-0.2, 0) is 19.4 Å². The Hall–Kier alpha value is -2.81. The Kier molecular flexibility index (Phi) is 7.60. The summed E-state index contributed by atoms with van der Waals surface area (Å²) in [6.07, 6.45) is 2.01. The third kappa shape index (κ3) is 5.15. The lowest BCUT2D eigenvalue weighted by molar-refractivity contribution is 0.229. The Morgan fingerprint density at radius 2 is 1.53 bits per heavy atom. The standard InChI is InChI=1S/C29H37NO2/c1-9-23-12-11-13-24(10-2)29(23)26-16-28(32-18(3)4)25(22(8)30-26)17-31-27-15-19(5)14-20(6)21(27)7/h11-16,18H,9-10,17H2,1-8H3. The number of hydrogen-bond acceptors (Lipinski definition) is 3. The molecule has 170 valence electrons. The molecule has 0 unspecified atom stereocenters. The summed E-state index contributed by atoms with van der Waals surface area (Å²) >= 11 is 0. The first kappa shape index (κ1) is 23.8. The van der Waals surface area contributed by atoms with Gasteiger partial charge in [0, 0.05) is 17.3 Å². The van der Waals surface area contributed by atoms with E-state index in [1.165, 1.54) is 33.4 Å². The van der Waals surface area contributed by atoms with Crippen LogP contribution in [-0.4, -0.2) is 11.1 Å². The van der Waals surface area contributed by atoms with E-state index >= 15 is 0 Å². The molecule has 0 radical (unpaired) electrons. The van der Waals surface area contributed by atoms with Gasteiger partial charge in [-0.05, 0) is 88.3 Å². The van der Waals surface area contributed by atoms with Gasteiger partial charge >= 0.3 is 0 Å². The van der Waals surface area contributed by atoms with E-state index in [0.29, 0.717) is 6.61 Å². The fourth-order valence-electron chi connectivity index (χ4n) is 4.20. The van der Waals surface area contributed by atoms with Crippen LogP contribution in [0.25, 0.3) is 11.3 Å². The Morgan fingerprint density at radius 3 is 2.12 bits per heavy atom. The second-order valence-corrected chi connectivity index (χ2v) is 8.89. The number of aryl methyl sites for hydroxylation is 5. The highest BCUT2D eigenvalue weighted by Gasteiger charge is 2.18. The summed E-state index contributed by atoms with van der Waals surface area (Å²) in [6.45, 7) is 17.3. The van der Waals surface area contributed by atoms with E-state index in [4.69, 9.17) is 14.5 Å². The van der Waals surface area contributed by atoms with Gasteiger partial charge in [0.25, 0.3) is 0 Å². The Labute approximate surface area is 193 Å². The first-order chi connectivity index (χ1) is 15.2. The van der Waals surface area contributed by atoms with Crippen LogP contribution in [0.15, 0.2) is 36.4 Å². The quantitative estimate of drug-likeness (QED) is 0.370. The van der Waals surface area contributed by atoms with Gasteiger partial charge in [-0.25, -0.2) is 0 Å². The lowest BCUT2D eigenvalue weighted by Gasteiger charge is -2.20. The summed E-state index contributed by atoms with van der Waals surface area (Å²) in [4.78, 5) is 5.04. The molecule has 0 aliphatic heterocycles. The van der Waals surface area contributed by atoms with Gasteiger partial charge in [-0.2, -0.15) is 0 Å². The molecular weight excluding hydrogens is 394 g/mol. The average molecular weight is 432 g/mol. The summed E-state index contributed by atoms with van der Waals surface area (Å²) < 4.78 is 12.6. The second-order valence-electron chi connectivity index (χ2n) is 8.89. The van der Waals surface area contributed by atoms with E-state index < -0.39 is 0 Å². The second kappa shape index (κ2) is 10.2. The van der Waals surface area contributed by atoms with Crippen molar-refractivity contribution in [2.45, 2.75) is 80.9 Å². The summed E-state index contributed by atoms with van der Waals surface area (Å²) in [7, 11) is 0. The minimum absolute atomic E-state index is 0.0680. The van der Waals surface area contributed by atoms with Crippen molar-refractivity contribution in [3.8, 4) is 22.8 Å². The first-order valence-corrected chi connectivity index (χ1v) is 11.7. The molecule has 0 amide bonds. The van der Waals surface area contributed by atoms with Crippen molar-refractivity contribution in [2.75, 3.05) is 0 Å². The smallest absolute Gasteiger partial charge is 0.130 e. The molecule has 2 aromatic carbocycles. The number of rotatable bonds is 8. The zero-order chi connectivity index (χ0) is 23.4. The van der Waals surface area contributed by atoms with E-state index in [1.807, 2.05) is 0 Å². The molecule has 3 aromatic rings. The minimum Gasteiger partial charge on any atom is -0.490 e. The predicted octanol–water partition coefficient (Wildman–Crippen LogP) is 7.47. The third-order valence-electron chi connectivity index (χ3n) is 6.04. The number of aromatic nitrogens is 1. The molecule has 0 saturated heterocycles. The van der Waals surface area contributed by atoms with Crippen LogP contribution in [0.2, 0.25) is 0 Å². The first-order valence-electron chi connectivity index (χ1n) is 11.7. The lowest BCUT2D eigenvalue weighted by atomic mass is 9.94. The molecule has 0 spiro atoms. The van der Waals surface area contributed by atoms with Gasteiger partial charge < -0.3 is 9.47 Å². The number of nitrogens with zero attached hydrogens (tertiary/aromatic N) is 1. The van der Waals surface area contributed by atoms with E-state index in [9.17, 15) is 0 Å². The maximum absolute atomic E-state index is 6.30. The van der Waals surface area contributed by atoms with Gasteiger partial charge in [-0.3, -0.25) is 4.98 Å². The molecule has 0 N–H and O–H groups in total. The molecule has 1 heterocycles. The van der Waals surface area contributed by atoms with Crippen molar-refractivity contribution in [3.63, 3.8) is 0 Å². The van der Waals surface area contributed by atoms with Crippen molar-refractivity contribution < 1.29 is 9.47 Å². The molecular formula is C29H37NO2. The van der Waals surface area contributed by atoms with E-state index in [2.05, 4.69) is 91.8 Å². The van der Waals surface area contributed by atoms with E-state index in [0.717, 1.165) is 41.3 Å². The van der Waals surface area contributed by atoms with Crippen LogP contribution in [0, 0.1) is 27.7 Å². The topological polar surface area (TPSA) is 31.4 Å². The summed E-state index contributed by atoms with van der Waals surface area (Å²) in [6, 6.07) is 12.9. The maximum atomic E-state index is 6.30. The van der Waals surface area contributed by atoms with Crippen molar-refractivity contribution >= 4 is 0 Å². The summed E-state index contributed by atoms with van der Waals surface area (Å²) in [5.41, 5.74) is 10.4. The van der Waals surface area contributed by atoms with Crippen LogP contribution in [0.4, 0.5) is 0 Å². The molecule has 3 nitrogen and oxygen atoms in total. The Bertz CT molecular complexity index is 1080. The zero-order valence-electron chi connectivity index (χ0n) is 20.9. The molecule has 3 heteroatoms. The van der Waals surface area contributed by atoms with Crippen molar-refractivity contribution in [1.29, 1.82) is 0 Å². The van der Waals surface area contributed by atoms with Crippen LogP contribution in [0.3, 0.4) is 0 Å². The highest BCUT2D eigenvalue weighted by Crippen LogP contribution is 2.34. The molecule has 0 fully saturated rings. The van der Waals surface area contributed by atoms with E-state index in [-0.39, 0.29) is 6.10 Å². The van der Waals surface area contributed by atoms with Crippen molar-refractivity contribution in [3.05, 3.63) is 75.5 Å². The van der Waals surface area contributed by atoms with Crippen LogP contribution < -0.4 is 9.47 Å². The SMILES string of the molecule is CCc1cccc(CC)c1-c1cc(OC(C)C)c(COc2cc(C)cc(C)c2C)c(C)n1. The highest BCUT2D eigenvalue weighted by molar-refractivity contribution is 5.70. The van der Waals surface area contributed by atoms with Crippen LogP contribution in [0.1, 0.15) is 66.8 Å². The van der Waals surface area contributed by atoms with Gasteiger partial charge in [0.05, 0.1) is 17.4 Å². The van der Waals surface area contributed by atoms with Crippen LogP contribution >= 0.6 is 0 Å². The van der Waals surface area contributed by atoms with Gasteiger partial charge in [0.2, 0.25) is 0 Å². The monoisotopic (exact) mass is 431 g/mol. The maximum Gasteiger partial charge on any atom is 0.130 e. The number of hydrogen-bond donors (Lipinski definition) is 0. The average Bonchev–Trinajstić information content (AvgIpc) is 2.74. The Balaban J connectivity index is 2.06. The minimum atomic E-state index is 0.0680. The number of ether oxygens (including phenoxy) is 2. The van der Waals surface area contributed by atoms with Gasteiger partial charge in [0.15, 0.2) is 0 Å². The van der Waals surface area contributed by atoms with E-state index in [1.54, 1.807) is 0 Å².